The van der Waals surface area contributed by atoms with Gasteiger partial charge in [0.25, 0.3) is 0 Å². The van der Waals surface area contributed by atoms with Crippen molar-refractivity contribution in [3.8, 4) is 5.75 Å². The Balaban J connectivity index is 1.60. The molecule has 172 valence electrons. The van der Waals surface area contributed by atoms with Crippen molar-refractivity contribution >= 4 is 15.9 Å². The van der Waals surface area contributed by atoms with Crippen molar-refractivity contribution in [3.63, 3.8) is 0 Å². The molecule has 0 saturated carbocycles. The van der Waals surface area contributed by atoms with Gasteiger partial charge in [0.15, 0.2) is 0 Å². The molecular weight excluding hydrogens is 436 g/mol. The SMILES string of the molecule is CCc1ccc(CNC(=O)C2Cc3ccccc3CN2S(=O)(=O)c2ccc(OC)cc2)cc1. The highest BCUT2D eigenvalue weighted by molar-refractivity contribution is 7.89. The minimum absolute atomic E-state index is 0.135. The molecular formula is C26H28N2O4S. The highest BCUT2D eigenvalue weighted by atomic mass is 32.2. The summed E-state index contributed by atoms with van der Waals surface area (Å²) in [6.45, 7) is 2.58. The summed E-state index contributed by atoms with van der Waals surface area (Å²) in [4.78, 5) is 13.4. The number of hydrogen-bond donors (Lipinski definition) is 1. The van der Waals surface area contributed by atoms with E-state index in [-0.39, 0.29) is 17.3 Å². The maximum absolute atomic E-state index is 13.6. The van der Waals surface area contributed by atoms with E-state index in [1.165, 1.54) is 29.1 Å². The first-order valence-electron chi connectivity index (χ1n) is 11.0. The number of carbonyl (C=O) groups excluding carboxylic acids is 1. The maximum Gasteiger partial charge on any atom is 0.244 e. The molecule has 6 nitrogen and oxygen atoms in total. The van der Waals surface area contributed by atoms with Crippen LogP contribution < -0.4 is 10.1 Å². The zero-order valence-electron chi connectivity index (χ0n) is 18.8. The highest BCUT2D eigenvalue weighted by Gasteiger charge is 2.39. The zero-order valence-corrected chi connectivity index (χ0v) is 19.6. The molecule has 7 heteroatoms. The van der Waals surface area contributed by atoms with E-state index in [0.29, 0.717) is 18.7 Å². The summed E-state index contributed by atoms with van der Waals surface area (Å²) in [6.07, 6.45) is 1.28. The molecule has 1 aliphatic rings. The van der Waals surface area contributed by atoms with Crippen LogP contribution >= 0.6 is 0 Å². The first-order valence-corrected chi connectivity index (χ1v) is 12.4. The van der Waals surface area contributed by atoms with Gasteiger partial charge in [0, 0.05) is 13.1 Å². The lowest BCUT2D eigenvalue weighted by molar-refractivity contribution is -0.125. The maximum atomic E-state index is 13.6. The molecule has 1 N–H and O–H groups in total. The molecule has 1 amide bonds. The van der Waals surface area contributed by atoms with Crippen LogP contribution in [0, 0.1) is 0 Å². The fraction of sp³-hybridized carbons (Fsp3) is 0.269. The Bertz CT molecular complexity index is 1220. The molecule has 0 bridgehead atoms. The van der Waals surface area contributed by atoms with E-state index in [2.05, 4.69) is 12.2 Å². The van der Waals surface area contributed by atoms with Crippen LogP contribution in [-0.2, 0) is 40.7 Å². The van der Waals surface area contributed by atoms with Crippen LogP contribution in [0.1, 0.15) is 29.2 Å². The van der Waals surface area contributed by atoms with Gasteiger partial charge < -0.3 is 10.1 Å². The van der Waals surface area contributed by atoms with Gasteiger partial charge in [-0.2, -0.15) is 4.31 Å². The summed E-state index contributed by atoms with van der Waals surface area (Å²) in [5, 5.41) is 2.94. The van der Waals surface area contributed by atoms with Crippen molar-refractivity contribution in [2.24, 2.45) is 0 Å². The van der Waals surface area contributed by atoms with E-state index in [4.69, 9.17) is 4.74 Å². The van der Waals surface area contributed by atoms with E-state index >= 15 is 0 Å². The van der Waals surface area contributed by atoms with Crippen LogP contribution in [0.15, 0.2) is 77.7 Å². The van der Waals surface area contributed by atoms with E-state index < -0.39 is 16.1 Å². The average Bonchev–Trinajstić information content (AvgIpc) is 2.86. The van der Waals surface area contributed by atoms with Gasteiger partial charge in [-0.15, -0.1) is 0 Å². The van der Waals surface area contributed by atoms with Gasteiger partial charge in [-0.25, -0.2) is 8.42 Å². The second-order valence-electron chi connectivity index (χ2n) is 8.10. The molecule has 0 aliphatic carbocycles. The number of sulfonamides is 1. The summed E-state index contributed by atoms with van der Waals surface area (Å²) in [6, 6.07) is 21.1. The molecule has 1 atom stereocenters. The molecule has 1 aliphatic heterocycles. The van der Waals surface area contributed by atoms with Gasteiger partial charge >= 0.3 is 0 Å². The molecule has 3 aromatic carbocycles. The monoisotopic (exact) mass is 464 g/mol. The van der Waals surface area contributed by atoms with Crippen LogP contribution in [0.25, 0.3) is 0 Å². The highest BCUT2D eigenvalue weighted by Crippen LogP contribution is 2.30. The predicted octanol–water partition coefficient (Wildman–Crippen LogP) is 3.69. The lowest BCUT2D eigenvalue weighted by Crippen LogP contribution is -2.52. The van der Waals surface area contributed by atoms with Crippen molar-refractivity contribution in [2.45, 2.75) is 43.8 Å². The molecule has 0 aromatic heterocycles. The molecule has 0 saturated heterocycles. The van der Waals surface area contributed by atoms with Gasteiger partial charge in [-0.05, 0) is 59.4 Å². The summed E-state index contributed by atoms with van der Waals surface area (Å²) in [5.74, 6) is 0.266. The van der Waals surface area contributed by atoms with Gasteiger partial charge in [0.2, 0.25) is 15.9 Å². The summed E-state index contributed by atoms with van der Waals surface area (Å²) >= 11 is 0. The molecule has 4 rings (SSSR count). The number of ether oxygens (including phenoxy) is 1. The topological polar surface area (TPSA) is 75.7 Å². The Morgan fingerprint density at radius 2 is 1.61 bits per heavy atom. The summed E-state index contributed by atoms with van der Waals surface area (Å²) in [5.41, 5.74) is 4.10. The number of nitrogens with one attached hydrogen (secondary N) is 1. The van der Waals surface area contributed by atoms with E-state index in [1.54, 1.807) is 12.1 Å². The molecule has 0 spiro atoms. The van der Waals surface area contributed by atoms with Crippen molar-refractivity contribution in [1.82, 2.24) is 9.62 Å². The standard InChI is InChI=1S/C26H28N2O4S/c1-3-19-8-10-20(11-9-19)17-27-26(29)25-16-21-6-4-5-7-22(21)18-28(25)33(30,31)24-14-12-23(32-2)13-15-24/h4-15,25H,3,16-18H2,1-2H3,(H,27,29). The number of amides is 1. The minimum Gasteiger partial charge on any atom is -0.497 e. The fourth-order valence-corrected chi connectivity index (χ4v) is 5.62. The molecule has 0 fully saturated rings. The number of hydrogen-bond acceptors (Lipinski definition) is 4. The molecule has 3 aromatic rings. The van der Waals surface area contributed by atoms with Crippen LogP contribution in [-0.4, -0.2) is 31.8 Å². The first kappa shape index (κ1) is 23.0. The third-order valence-electron chi connectivity index (χ3n) is 6.07. The Labute approximate surface area is 195 Å². The second kappa shape index (κ2) is 9.77. The van der Waals surface area contributed by atoms with Crippen molar-refractivity contribution < 1.29 is 17.9 Å². The molecule has 0 radical (unpaired) electrons. The van der Waals surface area contributed by atoms with Gasteiger partial charge in [0.05, 0.1) is 12.0 Å². The van der Waals surface area contributed by atoms with Crippen molar-refractivity contribution in [2.75, 3.05) is 7.11 Å². The van der Waals surface area contributed by atoms with Crippen LogP contribution in [0.3, 0.4) is 0 Å². The molecule has 1 unspecified atom stereocenters. The predicted molar refractivity (Wildman–Crippen MR) is 127 cm³/mol. The smallest absolute Gasteiger partial charge is 0.244 e. The number of fused-ring (bicyclic) bond motifs is 1. The van der Waals surface area contributed by atoms with E-state index in [9.17, 15) is 13.2 Å². The van der Waals surface area contributed by atoms with Crippen molar-refractivity contribution in [3.05, 3.63) is 95.1 Å². The average molecular weight is 465 g/mol. The van der Waals surface area contributed by atoms with Crippen LogP contribution in [0.4, 0.5) is 0 Å². The van der Waals surface area contributed by atoms with Gasteiger partial charge in [0.1, 0.15) is 11.8 Å². The Kier molecular flexibility index (Phi) is 6.81. The van der Waals surface area contributed by atoms with Gasteiger partial charge in [-0.1, -0.05) is 55.5 Å². The lowest BCUT2D eigenvalue weighted by atomic mass is 9.95. The Morgan fingerprint density at radius 1 is 0.970 bits per heavy atom. The zero-order chi connectivity index (χ0) is 23.4. The normalized spacial score (nSPS) is 16.1. The van der Waals surface area contributed by atoms with Crippen LogP contribution in [0.5, 0.6) is 5.75 Å². The Hall–Kier alpha value is -3.16. The number of carbonyl (C=O) groups is 1. The fourth-order valence-electron chi connectivity index (χ4n) is 4.06. The number of rotatable bonds is 7. The summed E-state index contributed by atoms with van der Waals surface area (Å²) in [7, 11) is -2.37. The second-order valence-corrected chi connectivity index (χ2v) is 9.99. The largest absolute Gasteiger partial charge is 0.497 e. The molecule has 33 heavy (non-hydrogen) atoms. The quantitative estimate of drug-likeness (QED) is 0.579. The summed E-state index contributed by atoms with van der Waals surface area (Å²) < 4.78 is 33.6. The van der Waals surface area contributed by atoms with E-state index in [1.807, 2.05) is 48.5 Å². The number of nitrogens with zero attached hydrogens (tertiary/aromatic N) is 1. The minimum atomic E-state index is -3.90. The van der Waals surface area contributed by atoms with Gasteiger partial charge in [-0.3, -0.25) is 4.79 Å². The van der Waals surface area contributed by atoms with Crippen molar-refractivity contribution in [1.29, 1.82) is 0 Å². The number of methoxy groups -OCH3 is 1. The third kappa shape index (κ3) is 4.94. The number of aryl methyl sites for hydroxylation is 1. The lowest BCUT2D eigenvalue weighted by Gasteiger charge is -2.35. The first-order chi connectivity index (χ1) is 15.9. The third-order valence-corrected chi connectivity index (χ3v) is 7.94. The van der Waals surface area contributed by atoms with E-state index in [0.717, 1.165) is 23.1 Å². The Morgan fingerprint density at radius 3 is 2.24 bits per heavy atom. The van der Waals surface area contributed by atoms with Crippen LogP contribution in [0.2, 0.25) is 0 Å². The molecule has 1 heterocycles. The number of benzene rings is 3.